The van der Waals surface area contributed by atoms with Crippen LogP contribution in [0.2, 0.25) is 5.02 Å². The summed E-state index contributed by atoms with van der Waals surface area (Å²) in [7, 11) is 0. The van der Waals surface area contributed by atoms with Gasteiger partial charge in [-0.1, -0.05) is 25.4 Å². The van der Waals surface area contributed by atoms with Gasteiger partial charge in [0.1, 0.15) is 16.9 Å². The molecule has 0 amide bonds. The van der Waals surface area contributed by atoms with Gasteiger partial charge in [0.2, 0.25) is 0 Å². The second-order valence-corrected chi connectivity index (χ2v) is 9.69. The van der Waals surface area contributed by atoms with Gasteiger partial charge in [0.25, 0.3) is 0 Å². The van der Waals surface area contributed by atoms with Crippen molar-refractivity contribution in [1.29, 1.82) is 0 Å². The predicted octanol–water partition coefficient (Wildman–Crippen LogP) is 4.91. The van der Waals surface area contributed by atoms with Crippen LogP contribution in [0.15, 0.2) is 23.6 Å². The fraction of sp³-hybridized carbons (Fsp3) is 0.545. The number of aliphatic hydroxyl groups excluding tert-OH is 1. The number of aromatic carboxylic acids is 1. The molecule has 162 valence electrons. The first kappa shape index (κ1) is 21.6. The Morgan fingerprint density at radius 2 is 2.20 bits per heavy atom. The van der Waals surface area contributed by atoms with E-state index in [2.05, 4.69) is 18.8 Å². The molecule has 30 heavy (non-hydrogen) atoms. The predicted molar refractivity (Wildman–Crippen MR) is 115 cm³/mol. The van der Waals surface area contributed by atoms with E-state index >= 15 is 0 Å². The highest BCUT2D eigenvalue weighted by Crippen LogP contribution is 2.46. The number of hydrogen-bond acceptors (Lipinski definition) is 6. The van der Waals surface area contributed by atoms with Crippen LogP contribution in [0.5, 0.6) is 5.75 Å². The van der Waals surface area contributed by atoms with Crippen molar-refractivity contribution >= 4 is 28.9 Å². The number of halogens is 1. The summed E-state index contributed by atoms with van der Waals surface area (Å²) in [5.74, 6) is 0.255. The standard InChI is InChI=1S/C22H26ClNO5S/c1-11(2)14-7-12(3-5-16(14)23)28-9-15-13-4-6-19(29-20(13)8-18(15)25)21-24-17(10-30-21)22(26)27/h3,5,7,10-11,13,15,18-20,25H,4,6,8-9H2,1-2H3,(H,26,27)/t13-,15-,18-,19-,20+/m1/s1. The van der Waals surface area contributed by atoms with Gasteiger partial charge in [0.05, 0.1) is 18.8 Å². The van der Waals surface area contributed by atoms with E-state index in [9.17, 15) is 9.90 Å². The molecule has 0 bridgehead atoms. The van der Waals surface area contributed by atoms with E-state index < -0.39 is 12.1 Å². The molecule has 1 aromatic heterocycles. The van der Waals surface area contributed by atoms with Gasteiger partial charge >= 0.3 is 5.97 Å². The number of nitrogens with zero attached hydrogens (tertiary/aromatic N) is 1. The number of thiazole rings is 1. The Bertz CT molecular complexity index is 917. The highest BCUT2D eigenvalue weighted by Gasteiger charge is 2.47. The maximum atomic E-state index is 11.1. The minimum absolute atomic E-state index is 0.00000325. The average Bonchev–Trinajstić information content (AvgIpc) is 3.31. The first-order valence-electron chi connectivity index (χ1n) is 10.3. The third-order valence-corrected chi connectivity index (χ3v) is 7.43. The van der Waals surface area contributed by atoms with Crippen molar-refractivity contribution in [2.45, 2.75) is 57.3 Å². The van der Waals surface area contributed by atoms with Gasteiger partial charge in [0.15, 0.2) is 5.69 Å². The number of carbonyl (C=O) groups is 1. The molecule has 0 unspecified atom stereocenters. The Balaban J connectivity index is 1.39. The summed E-state index contributed by atoms with van der Waals surface area (Å²) < 4.78 is 12.3. The second kappa shape index (κ2) is 8.83. The second-order valence-electron chi connectivity index (χ2n) is 8.40. The highest BCUT2D eigenvalue weighted by molar-refractivity contribution is 7.09. The number of benzene rings is 1. The molecule has 2 aliphatic rings. The van der Waals surface area contributed by atoms with Crippen molar-refractivity contribution in [2.75, 3.05) is 6.61 Å². The van der Waals surface area contributed by atoms with E-state index in [1.54, 1.807) is 5.38 Å². The Morgan fingerprint density at radius 1 is 1.40 bits per heavy atom. The summed E-state index contributed by atoms with van der Waals surface area (Å²) in [5, 5.41) is 22.7. The number of aromatic nitrogens is 1. The van der Waals surface area contributed by atoms with Crippen LogP contribution in [0.25, 0.3) is 0 Å². The zero-order valence-corrected chi connectivity index (χ0v) is 18.5. The smallest absolute Gasteiger partial charge is 0.355 e. The molecule has 2 fully saturated rings. The molecular formula is C22H26ClNO5S. The summed E-state index contributed by atoms with van der Waals surface area (Å²) >= 11 is 7.58. The van der Waals surface area contributed by atoms with E-state index in [1.807, 2.05) is 18.2 Å². The molecule has 6 nitrogen and oxygen atoms in total. The molecule has 1 aliphatic heterocycles. The van der Waals surface area contributed by atoms with Crippen LogP contribution >= 0.6 is 22.9 Å². The highest BCUT2D eigenvalue weighted by atomic mass is 35.5. The Hall–Kier alpha value is -1.67. The molecular weight excluding hydrogens is 426 g/mol. The minimum atomic E-state index is -1.03. The van der Waals surface area contributed by atoms with Crippen LogP contribution in [0, 0.1) is 11.8 Å². The first-order chi connectivity index (χ1) is 14.3. The molecule has 0 radical (unpaired) electrons. The van der Waals surface area contributed by atoms with Gasteiger partial charge in [-0.3, -0.25) is 0 Å². The van der Waals surface area contributed by atoms with Crippen LogP contribution in [-0.2, 0) is 4.74 Å². The van der Waals surface area contributed by atoms with Crippen molar-refractivity contribution in [1.82, 2.24) is 4.98 Å². The molecule has 2 N–H and O–H groups in total. The lowest BCUT2D eigenvalue weighted by molar-refractivity contribution is -0.0811. The zero-order chi connectivity index (χ0) is 21.4. The van der Waals surface area contributed by atoms with Gasteiger partial charge < -0.3 is 19.7 Å². The number of carboxylic acids is 1. The number of fused-ring (bicyclic) bond motifs is 1. The van der Waals surface area contributed by atoms with Crippen molar-refractivity contribution in [3.8, 4) is 5.75 Å². The number of hydrogen-bond donors (Lipinski definition) is 2. The fourth-order valence-electron chi connectivity index (χ4n) is 4.52. The Kier molecular flexibility index (Phi) is 6.34. The third kappa shape index (κ3) is 4.35. The van der Waals surface area contributed by atoms with Gasteiger partial charge in [0, 0.05) is 22.7 Å². The molecule has 0 spiro atoms. The van der Waals surface area contributed by atoms with Crippen LogP contribution in [0.1, 0.15) is 66.2 Å². The molecule has 5 atom stereocenters. The topological polar surface area (TPSA) is 88.9 Å². The van der Waals surface area contributed by atoms with E-state index in [-0.39, 0.29) is 29.7 Å². The number of aliphatic hydroxyl groups is 1. The molecule has 1 aromatic carbocycles. The lowest BCUT2D eigenvalue weighted by Crippen LogP contribution is -2.33. The molecule has 4 rings (SSSR count). The SMILES string of the molecule is CC(C)c1cc(OC[C@@H]2[C@H]3CC[C@H](c4nc(C(=O)O)cs4)O[C@H]3C[C@H]2O)ccc1Cl. The Morgan fingerprint density at radius 3 is 2.90 bits per heavy atom. The molecule has 2 aromatic rings. The summed E-state index contributed by atoms with van der Waals surface area (Å²) in [6.07, 6.45) is 1.45. The van der Waals surface area contributed by atoms with Crippen LogP contribution in [0.4, 0.5) is 0 Å². The molecule has 2 heterocycles. The summed E-state index contributed by atoms with van der Waals surface area (Å²) in [6.45, 7) is 4.61. The van der Waals surface area contributed by atoms with Crippen molar-refractivity contribution in [2.24, 2.45) is 11.8 Å². The van der Waals surface area contributed by atoms with Gasteiger partial charge in [-0.15, -0.1) is 11.3 Å². The number of carboxylic acid groups (broad SMARTS) is 1. The molecule has 1 saturated carbocycles. The van der Waals surface area contributed by atoms with E-state index in [0.29, 0.717) is 24.0 Å². The summed E-state index contributed by atoms with van der Waals surface area (Å²) in [6, 6.07) is 5.69. The van der Waals surface area contributed by atoms with Crippen LogP contribution in [0.3, 0.4) is 0 Å². The largest absolute Gasteiger partial charge is 0.493 e. The Labute approximate surface area is 184 Å². The van der Waals surface area contributed by atoms with Crippen molar-refractivity contribution in [3.63, 3.8) is 0 Å². The minimum Gasteiger partial charge on any atom is -0.493 e. The van der Waals surface area contributed by atoms with Gasteiger partial charge in [-0.2, -0.15) is 0 Å². The fourth-order valence-corrected chi connectivity index (χ4v) is 5.72. The lowest BCUT2D eigenvalue weighted by Gasteiger charge is -2.33. The summed E-state index contributed by atoms with van der Waals surface area (Å²) in [4.78, 5) is 15.3. The first-order valence-corrected chi connectivity index (χ1v) is 11.5. The lowest BCUT2D eigenvalue weighted by atomic mass is 9.87. The van der Waals surface area contributed by atoms with E-state index in [4.69, 9.17) is 26.2 Å². The van der Waals surface area contributed by atoms with E-state index in [0.717, 1.165) is 29.2 Å². The van der Waals surface area contributed by atoms with Crippen molar-refractivity contribution in [3.05, 3.63) is 44.9 Å². The average molecular weight is 452 g/mol. The molecule has 1 aliphatic carbocycles. The summed E-state index contributed by atoms with van der Waals surface area (Å²) in [5.41, 5.74) is 1.11. The quantitative estimate of drug-likeness (QED) is 0.648. The molecule has 8 heteroatoms. The van der Waals surface area contributed by atoms with Gasteiger partial charge in [-0.05, 0) is 48.4 Å². The van der Waals surface area contributed by atoms with Crippen molar-refractivity contribution < 1.29 is 24.5 Å². The number of ether oxygens (including phenoxy) is 2. The molecule has 1 saturated heterocycles. The maximum absolute atomic E-state index is 11.1. The number of rotatable bonds is 6. The normalized spacial score (nSPS) is 28.5. The third-order valence-electron chi connectivity index (χ3n) is 6.15. The van der Waals surface area contributed by atoms with Crippen LogP contribution < -0.4 is 4.74 Å². The zero-order valence-electron chi connectivity index (χ0n) is 17.0. The monoisotopic (exact) mass is 451 g/mol. The van der Waals surface area contributed by atoms with E-state index in [1.165, 1.54) is 11.3 Å². The van der Waals surface area contributed by atoms with Crippen LogP contribution in [-0.4, -0.2) is 40.0 Å². The maximum Gasteiger partial charge on any atom is 0.355 e. The van der Waals surface area contributed by atoms with Gasteiger partial charge in [-0.25, -0.2) is 9.78 Å².